The summed E-state index contributed by atoms with van der Waals surface area (Å²) in [7, 11) is 1.59. The van der Waals surface area contributed by atoms with Gasteiger partial charge in [0.2, 0.25) is 5.91 Å². The Hall–Kier alpha value is -3.19. The predicted octanol–water partition coefficient (Wildman–Crippen LogP) is 3.36. The van der Waals surface area contributed by atoms with Gasteiger partial charge >= 0.3 is 0 Å². The Kier molecular flexibility index (Phi) is 7.71. The van der Waals surface area contributed by atoms with Crippen molar-refractivity contribution in [1.29, 1.82) is 0 Å². The van der Waals surface area contributed by atoms with E-state index in [4.69, 9.17) is 17.0 Å². The molecule has 0 radical (unpaired) electrons. The fourth-order valence-corrected chi connectivity index (χ4v) is 2.53. The Labute approximate surface area is 170 Å². The molecule has 0 aromatic heterocycles. The van der Waals surface area contributed by atoms with Gasteiger partial charge in [0.15, 0.2) is 5.11 Å². The normalized spacial score (nSPS) is 10.6. The number of thiocarbonyl (C=S) groups is 1. The zero-order valence-electron chi connectivity index (χ0n) is 16.0. The molecule has 3 N–H and O–H groups in total. The maximum atomic E-state index is 12.3. The Morgan fingerprint density at radius 3 is 2.39 bits per heavy atom. The standard InChI is InChI=1S/C21H23N3O3S/c1-14(2)22-20(26)17-6-4-5-7-18(17)23-21(28)24-19(25)13-10-15-8-11-16(27-3)12-9-15/h4-14H,1-3H3,(H,22,26)(H2,23,24,25,28)/b13-10+. The molecule has 2 amide bonds. The second-order valence-corrected chi connectivity index (χ2v) is 6.63. The van der Waals surface area contributed by atoms with Crippen LogP contribution in [0.1, 0.15) is 29.8 Å². The van der Waals surface area contributed by atoms with Gasteiger partial charge in [0.05, 0.1) is 18.4 Å². The highest BCUT2D eigenvalue weighted by Crippen LogP contribution is 2.15. The molecule has 2 rings (SSSR count). The van der Waals surface area contributed by atoms with E-state index in [1.807, 2.05) is 38.1 Å². The summed E-state index contributed by atoms with van der Waals surface area (Å²) in [6, 6.07) is 14.3. The molecule has 0 bridgehead atoms. The van der Waals surface area contributed by atoms with Gasteiger partial charge in [-0.25, -0.2) is 0 Å². The van der Waals surface area contributed by atoms with E-state index in [2.05, 4.69) is 16.0 Å². The quantitative estimate of drug-likeness (QED) is 0.515. The molecule has 0 aliphatic rings. The van der Waals surface area contributed by atoms with E-state index in [9.17, 15) is 9.59 Å². The summed E-state index contributed by atoms with van der Waals surface area (Å²) >= 11 is 5.18. The highest BCUT2D eigenvalue weighted by atomic mass is 32.1. The van der Waals surface area contributed by atoms with E-state index >= 15 is 0 Å². The molecule has 0 heterocycles. The number of amides is 2. The zero-order valence-corrected chi connectivity index (χ0v) is 16.8. The SMILES string of the molecule is COc1ccc(/C=C/C(=O)NC(=S)Nc2ccccc2C(=O)NC(C)C)cc1. The lowest BCUT2D eigenvalue weighted by Gasteiger charge is -2.14. The van der Waals surface area contributed by atoms with Crippen LogP contribution in [0.3, 0.4) is 0 Å². The average Bonchev–Trinajstić information content (AvgIpc) is 2.66. The minimum absolute atomic E-state index is 0.00954. The largest absolute Gasteiger partial charge is 0.497 e. The second kappa shape index (κ2) is 10.2. The monoisotopic (exact) mass is 397 g/mol. The number of para-hydroxylation sites is 1. The molecule has 0 saturated heterocycles. The van der Waals surface area contributed by atoms with Crippen molar-refractivity contribution >= 4 is 40.9 Å². The zero-order chi connectivity index (χ0) is 20.5. The lowest BCUT2D eigenvalue weighted by Crippen LogP contribution is -2.34. The van der Waals surface area contributed by atoms with Crippen LogP contribution in [0.5, 0.6) is 5.75 Å². The van der Waals surface area contributed by atoms with E-state index in [1.165, 1.54) is 6.08 Å². The van der Waals surface area contributed by atoms with Crippen molar-refractivity contribution in [2.75, 3.05) is 12.4 Å². The lowest BCUT2D eigenvalue weighted by molar-refractivity contribution is -0.115. The number of hydrogen-bond acceptors (Lipinski definition) is 4. The number of carbonyl (C=O) groups is 2. The first-order valence-corrected chi connectivity index (χ1v) is 9.14. The summed E-state index contributed by atoms with van der Waals surface area (Å²) in [6.07, 6.45) is 3.05. The number of nitrogens with one attached hydrogen (secondary N) is 3. The van der Waals surface area contributed by atoms with Crippen LogP contribution in [0.4, 0.5) is 5.69 Å². The molecule has 146 valence electrons. The highest BCUT2D eigenvalue weighted by molar-refractivity contribution is 7.80. The van der Waals surface area contributed by atoms with Gasteiger partial charge in [-0.15, -0.1) is 0 Å². The van der Waals surface area contributed by atoms with Crippen LogP contribution in [0.2, 0.25) is 0 Å². The van der Waals surface area contributed by atoms with E-state index < -0.39 is 0 Å². The van der Waals surface area contributed by atoms with Crippen LogP contribution in [0, 0.1) is 0 Å². The maximum Gasteiger partial charge on any atom is 0.253 e. The van der Waals surface area contributed by atoms with Crippen molar-refractivity contribution in [1.82, 2.24) is 10.6 Å². The lowest BCUT2D eigenvalue weighted by atomic mass is 10.1. The van der Waals surface area contributed by atoms with Crippen molar-refractivity contribution < 1.29 is 14.3 Å². The summed E-state index contributed by atoms with van der Waals surface area (Å²) in [6.45, 7) is 3.77. The van der Waals surface area contributed by atoms with Gasteiger partial charge in [0.1, 0.15) is 5.75 Å². The molecule has 2 aromatic rings. The third-order valence-corrected chi connectivity index (χ3v) is 3.82. The molecule has 6 nitrogen and oxygen atoms in total. The molecule has 0 aliphatic heterocycles. The first-order chi connectivity index (χ1) is 13.4. The van der Waals surface area contributed by atoms with Crippen molar-refractivity contribution in [3.05, 3.63) is 65.7 Å². The summed E-state index contributed by atoms with van der Waals surface area (Å²) in [5.74, 6) is 0.149. The third-order valence-electron chi connectivity index (χ3n) is 3.62. The van der Waals surface area contributed by atoms with Gasteiger partial charge in [-0.3, -0.25) is 14.9 Å². The topological polar surface area (TPSA) is 79.5 Å². The Balaban J connectivity index is 1.97. The van der Waals surface area contributed by atoms with Gasteiger partial charge in [-0.05, 0) is 62.0 Å². The highest BCUT2D eigenvalue weighted by Gasteiger charge is 2.13. The Morgan fingerprint density at radius 2 is 1.75 bits per heavy atom. The molecule has 0 unspecified atom stereocenters. The molecule has 28 heavy (non-hydrogen) atoms. The van der Waals surface area contributed by atoms with E-state index in [0.717, 1.165) is 11.3 Å². The van der Waals surface area contributed by atoms with E-state index in [0.29, 0.717) is 11.3 Å². The number of rotatable bonds is 6. The van der Waals surface area contributed by atoms with Crippen LogP contribution in [0.25, 0.3) is 6.08 Å². The fraction of sp³-hybridized carbons (Fsp3) is 0.190. The van der Waals surface area contributed by atoms with Crippen LogP contribution in [0.15, 0.2) is 54.6 Å². The van der Waals surface area contributed by atoms with Crippen molar-refractivity contribution in [3.8, 4) is 5.75 Å². The van der Waals surface area contributed by atoms with Crippen molar-refractivity contribution in [3.63, 3.8) is 0 Å². The van der Waals surface area contributed by atoms with Crippen molar-refractivity contribution in [2.24, 2.45) is 0 Å². The fourth-order valence-electron chi connectivity index (χ4n) is 2.32. The number of ether oxygens (including phenoxy) is 1. The minimum Gasteiger partial charge on any atom is -0.497 e. The average molecular weight is 398 g/mol. The number of benzene rings is 2. The molecule has 0 aliphatic carbocycles. The third kappa shape index (κ3) is 6.51. The number of hydrogen-bond donors (Lipinski definition) is 3. The Morgan fingerprint density at radius 1 is 1.07 bits per heavy atom. The molecule has 0 atom stereocenters. The summed E-state index contributed by atoms with van der Waals surface area (Å²) in [5, 5.41) is 8.40. The van der Waals surface area contributed by atoms with E-state index in [1.54, 1.807) is 37.5 Å². The van der Waals surface area contributed by atoms with Gasteiger partial charge in [-0.2, -0.15) is 0 Å². The summed E-state index contributed by atoms with van der Waals surface area (Å²) in [4.78, 5) is 24.4. The van der Waals surface area contributed by atoms with Crippen LogP contribution >= 0.6 is 12.2 Å². The number of anilines is 1. The molecule has 2 aromatic carbocycles. The van der Waals surface area contributed by atoms with Gasteiger partial charge < -0.3 is 15.4 Å². The summed E-state index contributed by atoms with van der Waals surface area (Å²) < 4.78 is 5.09. The van der Waals surface area contributed by atoms with E-state index in [-0.39, 0.29) is 23.0 Å². The smallest absolute Gasteiger partial charge is 0.253 e. The number of carbonyl (C=O) groups excluding carboxylic acids is 2. The first-order valence-electron chi connectivity index (χ1n) is 8.73. The second-order valence-electron chi connectivity index (χ2n) is 6.22. The first kappa shape index (κ1) is 21.1. The molecular weight excluding hydrogens is 374 g/mol. The molecule has 0 saturated carbocycles. The molecular formula is C21H23N3O3S. The van der Waals surface area contributed by atoms with Gasteiger partial charge in [0, 0.05) is 12.1 Å². The Bertz CT molecular complexity index is 877. The predicted molar refractivity (Wildman–Crippen MR) is 115 cm³/mol. The van der Waals surface area contributed by atoms with Gasteiger partial charge in [-0.1, -0.05) is 24.3 Å². The van der Waals surface area contributed by atoms with Gasteiger partial charge in [0.25, 0.3) is 5.91 Å². The minimum atomic E-state index is -0.377. The molecule has 7 heteroatoms. The van der Waals surface area contributed by atoms with Crippen LogP contribution in [-0.2, 0) is 4.79 Å². The molecule has 0 fully saturated rings. The van der Waals surface area contributed by atoms with Crippen molar-refractivity contribution in [2.45, 2.75) is 19.9 Å². The maximum absolute atomic E-state index is 12.3. The molecule has 0 spiro atoms. The van der Waals surface area contributed by atoms with Crippen LogP contribution in [-0.4, -0.2) is 30.1 Å². The number of methoxy groups -OCH3 is 1. The summed E-state index contributed by atoms with van der Waals surface area (Å²) in [5.41, 5.74) is 1.82. The van der Waals surface area contributed by atoms with Crippen LogP contribution < -0.4 is 20.7 Å².